The highest BCUT2D eigenvalue weighted by Crippen LogP contribution is 2.19. The lowest BCUT2D eigenvalue weighted by molar-refractivity contribution is 0.111. The second-order valence-corrected chi connectivity index (χ2v) is 7.20. The second-order valence-electron chi connectivity index (χ2n) is 7.20. The van der Waals surface area contributed by atoms with E-state index in [4.69, 9.17) is 4.74 Å². The summed E-state index contributed by atoms with van der Waals surface area (Å²) >= 11 is 0. The van der Waals surface area contributed by atoms with E-state index >= 15 is 0 Å². The molecule has 5 heteroatoms. The number of nitrogens with one attached hydrogen (secondary N) is 2. The molecule has 2 N–H and O–H groups in total. The van der Waals surface area contributed by atoms with E-state index in [0.29, 0.717) is 13.1 Å². The first kappa shape index (κ1) is 18.5. The molecule has 1 aliphatic rings. The van der Waals surface area contributed by atoms with Gasteiger partial charge in [-0.3, -0.25) is 0 Å². The quantitative estimate of drug-likeness (QED) is 0.834. The fourth-order valence-corrected chi connectivity index (χ4v) is 3.64. The number of carbonyl (C=O) groups is 1. The zero-order valence-corrected chi connectivity index (χ0v) is 16.0. The average Bonchev–Trinajstić information content (AvgIpc) is 3.26. The van der Waals surface area contributed by atoms with Crippen molar-refractivity contribution in [1.82, 2.24) is 15.2 Å². The van der Waals surface area contributed by atoms with Gasteiger partial charge in [0.2, 0.25) is 0 Å². The summed E-state index contributed by atoms with van der Waals surface area (Å²) in [7, 11) is 0. The van der Waals surface area contributed by atoms with Crippen molar-refractivity contribution in [2.75, 3.05) is 13.2 Å². The molecule has 0 spiro atoms. The Morgan fingerprint density at radius 3 is 2.69 bits per heavy atom. The highest BCUT2D eigenvalue weighted by Gasteiger charge is 2.16. The third-order valence-electron chi connectivity index (χ3n) is 5.04. The number of benzene rings is 1. The van der Waals surface area contributed by atoms with Crippen molar-refractivity contribution in [3.8, 4) is 0 Å². The molecule has 2 amide bonds. The van der Waals surface area contributed by atoms with Crippen LogP contribution in [0.15, 0.2) is 30.5 Å². The molecule has 140 valence electrons. The van der Waals surface area contributed by atoms with Gasteiger partial charge in [0.25, 0.3) is 0 Å². The second kappa shape index (κ2) is 8.41. The van der Waals surface area contributed by atoms with Crippen molar-refractivity contribution in [1.29, 1.82) is 0 Å². The average molecular weight is 355 g/mol. The lowest BCUT2D eigenvalue weighted by Crippen LogP contribution is -2.39. The van der Waals surface area contributed by atoms with E-state index in [2.05, 4.69) is 60.4 Å². The Bertz CT molecular complexity index is 737. The van der Waals surface area contributed by atoms with Gasteiger partial charge in [-0.1, -0.05) is 17.7 Å². The molecule has 1 atom stereocenters. The van der Waals surface area contributed by atoms with E-state index in [-0.39, 0.29) is 12.1 Å². The monoisotopic (exact) mass is 355 g/mol. The van der Waals surface area contributed by atoms with E-state index < -0.39 is 0 Å². The summed E-state index contributed by atoms with van der Waals surface area (Å²) in [6.45, 7) is 9.16. The van der Waals surface area contributed by atoms with Crippen LogP contribution in [0.5, 0.6) is 0 Å². The summed E-state index contributed by atoms with van der Waals surface area (Å²) in [5.74, 6) is 0. The van der Waals surface area contributed by atoms with Crippen LogP contribution >= 0.6 is 0 Å². The first-order valence-electron chi connectivity index (χ1n) is 9.37. The molecular weight excluding hydrogens is 326 g/mol. The molecular formula is C21H29N3O2. The Kier molecular flexibility index (Phi) is 5.99. The Hall–Kier alpha value is -2.27. The molecule has 0 saturated carbocycles. The summed E-state index contributed by atoms with van der Waals surface area (Å²) in [6, 6.07) is 8.39. The number of aryl methyl sites for hydroxylation is 3. The number of carbonyl (C=O) groups excluding carboxylic acids is 1. The lowest BCUT2D eigenvalue weighted by atomic mass is 10.00. The van der Waals surface area contributed by atoms with Crippen molar-refractivity contribution in [2.24, 2.45) is 0 Å². The van der Waals surface area contributed by atoms with Crippen molar-refractivity contribution in [3.05, 3.63) is 58.4 Å². The highest BCUT2D eigenvalue weighted by molar-refractivity contribution is 5.73. The maximum absolute atomic E-state index is 12.0. The summed E-state index contributed by atoms with van der Waals surface area (Å²) < 4.78 is 7.72. The minimum atomic E-state index is -0.143. The molecule has 2 heterocycles. The number of aromatic nitrogens is 1. The summed E-state index contributed by atoms with van der Waals surface area (Å²) in [5, 5.41) is 5.84. The van der Waals surface area contributed by atoms with Gasteiger partial charge in [-0.25, -0.2) is 4.79 Å². The predicted octanol–water partition coefficient (Wildman–Crippen LogP) is 3.44. The summed E-state index contributed by atoms with van der Waals surface area (Å²) in [5.41, 5.74) is 6.35. The summed E-state index contributed by atoms with van der Waals surface area (Å²) in [4.78, 5) is 12.0. The van der Waals surface area contributed by atoms with Crippen LogP contribution in [0.4, 0.5) is 4.79 Å². The molecule has 1 saturated heterocycles. The molecule has 0 aliphatic carbocycles. The Morgan fingerprint density at radius 1 is 1.23 bits per heavy atom. The van der Waals surface area contributed by atoms with E-state index in [9.17, 15) is 4.79 Å². The topological polar surface area (TPSA) is 55.3 Å². The number of rotatable bonds is 6. The van der Waals surface area contributed by atoms with E-state index in [1.54, 1.807) is 0 Å². The molecule has 1 aliphatic heterocycles. The molecule has 3 rings (SSSR count). The SMILES string of the molecule is Cc1cc(C)c(Cn2cccc2CNC(=O)NCC2CCCO2)c(C)c1. The zero-order chi connectivity index (χ0) is 18.5. The van der Waals surface area contributed by atoms with Gasteiger partial charge in [0.05, 0.1) is 12.6 Å². The van der Waals surface area contributed by atoms with E-state index in [1.807, 2.05) is 6.07 Å². The molecule has 0 bridgehead atoms. The highest BCUT2D eigenvalue weighted by atomic mass is 16.5. The normalized spacial score (nSPS) is 16.7. The lowest BCUT2D eigenvalue weighted by Gasteiger charge is -2.16. The van der Waals surface area contributed by atoms with Crippen molar-refractivity contribution in [3.63, 3.8) is 0 Å². The predicted molar refractivity (Wildman–Crippen MR) is 103 cm³/mol. The minimum Gasteiger partial charge on any atom is -0.376 e. The Balaban J connectivity index is 1.56. The molecule has 2 aromatic rings. The van der Waals surface area contributed by atoms with Crippen LogP contribution in [0.25, 0.3) is 0 Å². The van der Waals surface area contributed by atoms with Crippen LogP contribution in [0.1, 0.15) is 40.8 Å². The largest absolute Gasteiger partial charge is 0.376 e. The van der Waals surface area contributed by atoms with Crippen molar-refractivity contribution >= 4 is 6.03 Å². The van der Waals surface area contributed by atoms with Gasteiger partial charge in [0, 0.05) is 31.6 Å². The van der Waals surface area contributed by atoms with Gasteiger partial charge < -0.3 is 19.9 Å². The fourth-order valence-electron chi connectivity index (χ4n) is 3.64. The number of hydrogen-bond acceptors (Lipinski definition) is 2. The van der Waals surface area contributed by atoms with Gasteiger partial charge in [0.15, 0.2) is 0 Å². The van der Waals surface area contributed by atoms with Crippen LogP contribution in [0.3, 0.4) is 0 Å². The molecule has 1 unspecified atom stereocenters. The number of urea groups is 1. The molecule has 26 heavy (non-hydrogen) atoms. The maximum atomic E-state index is 12.0. The zero-order valence-electron chi connectivity index (χ0n) is 16.0. The first-order valence-corrected chi connectivity index (χ1v) is 9.37. The van der Waals surface area contributed by atoms with Crippen molar-refractivity contribution in [2.45, 2.75) is 52.8 Å². The third-order valence-corrected chi connectivity index (χ3v) is 5.04. The maximum Gasteiger partial charge on any atom is 0.315 e. The molecule has 0 radical (unpaired) electrons. The van der Waals surface area contributed by atoms with Crippen LogP contribution in [-0.4, -0.2) is 29.9 Å². The van der Waals surface area contributed by atoms with Crippen LogP contribution in [0, 0.1) is 20.8 Å². The van der Waals surface area contributed by atoms with E-state index in [1.165, 1.54) is 22.3 Å². The first-order chi connectivity index (χ1) is 12.5. The Morgan fingerprint density at radius 2 is 2.00 bits per heavy atom. The van der Waals surface area contributed by atoms with Gasteiger partial charge in [-0.15, -0.1) is 0 Å². The van der Waals surface area contributed by atoms with Gasteiger partial charge in [-0.05, 0) is 62.4 Å². The van der Waals surface area contributed by atoms with Gasteiger partial charge >= 0.3 is 6.03 Å². The number of ether oxygens (including phenoxy) is 1. The molecule has 5 nitrogen and oxygen atoms in total. The van der Waals surface area contributed by atoms with E-state index in [0.717, 1.165) is 31.7 Å². The van der Waals surface area contributed by atoms with Gasteiger partial charge in [0.1, 0.15) is 0 Å². The van der Waals surface area contributed by atoms with Crippen LogP contribution in [-0.2, 0) is 17.8 Å². The van der Waals surface area contributed by atoms with Gasteiger partial charge in [-0.2, -0.15) is 0 Å². The van der Waals surface area contributed by atoms with Crippen LogP contribution in [0.2, 0.25) is 0 Å². The van der Waals surface area contributed by atoms with Crippen molar-refractivity contribution < 1.29 is 9.53 Å². The summed E-state index contributed by atoms with van der Waals surface area (Å²) in [6.07, 6.45) is 4.34. The number of hydrogen-bond donors (Lipinski definition) is 2. The third kappa shape index (κ3) is 4.67. The molecule has 1 aromatic carbocycles. The van der Waals surface area contributed by atoms with Crippen LogP contribution < -0.4 is 10.6 Å². The number of amides is 2. The molecule has 1 aromatic heterocycles. The Labute approximate surface area is 155 Å². The molecule has 1 fully saturated rings. The smallest absolute Gasteiger partial charge is 0.315 e. The number of nitrogens with zero attached hydrogens (tertiary/aromatic N) is 1. The minimum absolute atomic E-state index is 0.143. The fraction of sp³-hybridized carbons (Fsp3) is 0.476. The standard InChI is InChI=1S/C21H29N3O2/c1-15-10-16(2)20(17(3)11-15)14-24-8-4-6-18(24)12-22-21(25)23-13-19-7-5-9-26-19/h4,6,8,10-11,19H,5,7,9,12-14H2,1-3H3,(H2,22,23,25).